The van der Waals surface area contributed by atoms with Crippen molar-refractivity contribution in [3.63, 3.8) is 0 Å². The molecule has 2 aromatic rings. The smallest absolute Gasteiger partial charge is 0.231 e. The summed E-state index contributed by atoms with van der Waals surface area (Å²) >= 11 is 2.39. The second-order valence-corrected chi connectivity index (χ2v) is 4.32. The van der Waals surface area contributed by atoms with E-state index in [0.717, 1.165) is 21.6 Å². The van der Waals surface area contributed by atoms with Crippen LogP contribution in [0.15, 0.2) is 22.9 Å². The minimum absolute atomic E-state index is 0.423. The van der Waals surface area contributed by atoms with Gasteiger partial charge in [0.05, 0.1) is 4.88 Å². The van der Waals surface area contributed by atoms with Crippen LogP contribution in [-0.2, 0) is 6.18 Å². The lowest BCUT2D eigenvalue weighted by Gasteiger charge is -1.99. The number of rotatable bonds is 1. The van der Waals surface area contributed by atoms with E-state index in [1.165, 1.54) is 11.3 Å². The van der Waals surface area contributed by atoms with Crippen molar-refractivity contribution in [2.45, 2.75) is 6.18 Å². The van der Waals surface area contributed by atoms with Gasteiger partial charge in [0.2, 0.25) is 0 Å². The molecule has 0 aliphatic heterocycles. The highest BCUT2D eigenvalue weighted by atomic mass is 32.1. The van der Waals surface area contributed by atoms with Gasteiger partial charge in [0.1, 0.15) is 5.01 Å². The van der Waals surface area contributed by atoms with Crippen molar-refractivity contribution in [1.82, 2.24) is 4.98 Å². The van der Waals surface area contributed by atoms with Crippen molar-refractivity contribution in [2.24, 2.45) is 0 Å². The predicted octanol–water partition coefficient (Wildman–Crippen LogP) is 3.89. The zero-order chi connectivity index (χ0) is 10.2. The lowest BCUT2D eigenvalue weighted by molar-refractivity contribution is -0.140. The number of hydrogen-bond donors (Lipinski definition) is 0. The second-order valence-electron chi connectivity index (χ2n) is 2.51. The van der Waals surface area contributed by atoms with Crippen molar-refractivity contribution in [2.75, 3.05) is 0 Å². The summed E-state index contributed by atoms with van der Waals surface area (Å²) in [4.78, 5) is 4.30. The Morgan fingerprint density at radius 1 is 1.21 bits per heavy atom. The van der Waals surface area contributed by atoms with Gasteiger partial charge in [-0.05, 0) is 11.4 Å². The first-order chi connectivity index (χ1) is 6.57. The SMILES string of the molecule is FC(F)(F)c1csc(-c2cccs2)n1. The van der Waals surface area contributed by atoms with Gasteiger partial charge < -0.3 is 0 Å². The molecule has 14 heavy (non-hydrogen) atoms. The van der Waals surface area contributed by atoms with Gasteiger partial charge >= 0.3 is 6.18 Å². The van der Waals surface area contributed by atoms with Gasteiger partial charge in [0.15, 0.2) is 5.69 Å². The van der Waals surface area contributed by atoms with Crippen LogP contribution in [0.5, 0.6) is 0 Å². The Morgan fingerprint density at radius 2 is 2.00 bits per heavy atom. The molecule has 0 unspecified atom stereocenters. The first-order valence-electron chi connectivity index (χ1n) is 3.64. The molecule has 0 saturated carbocycles. The molecule has 0 fully saturated rings. The van der Waals surface area contributed by atoms with E-state index in [-0.39, 0.29) is 0 Å². The zero-order valence-electron chi connectivity index (χ0n) is 6.71. The Hall–Kier alpha value is -0.880. The van der Waals surface area contributed by atoms with Gasteiger partial charge in [-0.3, -0.25) is 0 Å². The average molecular weight is 235 g/mol. The van der Waals surface area contributed by atoms with Crippen LogP contribution >= 0.6 is 22.7 Å². The van der Waals surface area contributed by atoms with Gasteiger partial charge in [-0.25, -0.2) is 4.98 Å². The molecule has 0 N–H and O–H groups in total. The number of nitrogens with zero attached hydrogens (tertiary/aromatic N) is 1. The minimum Gasteiger partial charge on any atom is -0.231 e. The maximum atomic E-state index is 12.2. The number of hydrogen-bond acceptors (Lipinski definition) is 3. The largest absolute Gasteiger partial charge is 0.434 e. The van der Waals surface area contributed by atoms with Crippen LogP contribution in [0.1, 0.15) is 5.69 Å². The molecule has 0 aliphatic carbocycles. The normalized spacial score (nSPS) is 11.9. The third-order valence-electron chi connectivity index (χ3n) is 1.53. The Labute approximate surface area is 85.9 Å². The predicted molar refractivity (Wildman–Crippen MR) is 50.4 cm³/mol. The Morgan fingerprint density at radius 3 is 2.50 bits per heavy atom. The van der Waals surface area contributed by atoms with E-state index in [1.807, 2.05) is 5.38 Å². The van der Waals surface area contributed by atoms with Crippen molar-refractivity contribution in [1.29, 1.82) is 0 Å². The number of halogens is 3. The summed E-state index contributed by atoms with van der Waals surface area (Å²) in [5, 5.41) is 3.27. The van der Waals surface area contributed by atoms with E-state index >= 15 is 0 Å². The van der Waals surface area contributed by atoms with Crippen molar-refractivity contribution >= 4 is 22.7 Å². The van der Waals surface area contributed by atoms with Crippen LogP contribution in [0.4, 0.5) is 13.2 Å². The van der Waals surface area contributed by atoms with Gasteiger partial charge in [0, 0.05) is 5.38 Å². The fourth-order valence-electron chi connectivity index (χ4n) is 0.917. The highest BCUT2D eigenvalue weighted by molar-refractivity contribution is 7.20. The van der Waals surface area contributed by atoms with Crippen LogP contribution in [0.2, 0.25) is 0 Å². The molecule has 74 valence electrons. The summed E-state index contributed by atoms with van der Waals surface area (Å²) in [7, 11) is 0. The summed E-state index contributed by atoms with van der Waals surface area (Å²) in [5.74, 6) is 0. The molecule has 0 aliphatic rings. The molecule has 0 amide bonds. The van der Waals surface area contributed by atoms with E-state index in [0.29, 0.717) is 5.01 Å². The zero-order valence-corrected chi connectivity index (χ0v) is 8.34. The third-order valence-corrected chi connectivity index (χ3v) is 3.41. The first-order valence-corrected chi connectivity index (χ1v) is 5.40. The summed E-state index contributed by atoms with van der Waals surface area (Å²) in [6.07, 6.45) is -4.34. The lowest BCUT2D eigenvalue weighted by Crippen LogP contribution is -2.04. The molecule has 2 rings (SSSR count). The van der Waals surface area contributed by atoms with Crippen LogP contribution in [-0.4, -0.2) is 4.98 Å². The molecule has 0 saturated heterocycles. The van der Waals surface area contributed by atoms with E-state index in [4.69, 9.17) is 0 Å². The number of thiazole rings is 1. The molecule has 1 nitrogen and oxygen atoms in total. The van der Waals surface area contributed by atoms with Gasteiger partial charge in [-0.15, -0.1) is 22.7 Å². The molecule has 0 radical (unpaired) electrons. The first kappa shape index (κ1) is 9.67. The average Bonchev–Trinajstić information content (AvgIpc) is 2.73. The quantitative estimate of drug-likeness (QED) is 0.730. The topological polar surface area (TPSA) is 12.9 Å². The van der Waals surface area contributed by atoms with Crippen LogP contribution in [0.3, 0.4) is 0 Å². The Kier molecular flexibility index (Phi) is 2.32. The third kappa shape index (κ3) is 1.80. The number of aromatic nitrogens is 1. The fourth-order valence-corrected chi connectivity index (χ4v) is 2.56. The van der Waals surface area contributed by atoms with E-state index in [9.17, 15) is 13.2 Å². The Bertz CT molecular complexity index is 416. The van der Waals surface area contributed by atoms with Crippen LogP contribution in [0.25, 0.3) is 9.88 Å². The Balaban J connectivity index is 2.36. The summed E-state index contributed by atoms with van der Waals surface area (Å²) in [6.45, 7) is 0. The molecule has 0 atom stereocenters. The fraction of sp³-hybridized carbons (Fsp3) is 0.125. The molecule has 2 aromatic heterocycles. The molecule has 6 heteroatoms. The van der Waals surface area contributed by atoms with Crippen LogP contribution < -0.4 is 0 Å². The van der Waals surface area contributed by atoms with Gasteiger partial charge in [0.25, 0.3) is 0 Å². The van der Waals surface area contributed by atoms with E-state index < -0.39 is 11.9 Å². The number of alkyl halides is 3. The summed E-state index contributed by atoms with van der Waals surface area (Å²) < 4.78 is 36.6. The van der Waals surface area contributed by atoms with Crippen LogP contribution in [0, 0.1) is 0 Å². The highest BCUT2D eigenvalue weighted by Gasteiger charge is 2.33. The standard InChI is InChI=1S/C8H4F3NS2/c9-8(10,11)6-4-14-7(12-6)5-2-1-3-13-5/h1-4H. The monoisotopic (exact) mass is 235 g/mol. The summed E-state index contributed by atoms with van der Waals surface area (Å²) in [6, 6.07) is 3.54. The maximum Gasteiger partial charge on any atom is 0.434 e. The molecule has 0 aromatic carbocycles. The highest BCUT2D eigenvalue weighted by Crippen LogP contribution is 2.34. The van der Waals surface area contributed by atoms with E-state index in [1.54, 1.807) is 12.1 Å². The second kappa shape index (κ2) is 3.36. The molecule has 2 heterocycles. The lowest BCUT2D eigenvalue weighted by atomic mass is 10.4. The molecular formula is C8H4F3NS2. The van der Waals surface area contributed by atoms with Crippen molar-refractivity contribution in [3.05, 3.63) is 28.6 Å². The van der Waals surface area contributed by atoms with Crippen molar-refractivity contribution < 1.29 is 13.2 Å². The van der Waals surface area contributed by atoms with Gasteiger partial charge in [-0.1, -0.05) is 6.07 Å². The van der Waals surface area contributed by atoms with Gasteiger partial charge in [-0.2, -0.15) is 13.2 Å². The van der Waals surface area contributed by atoms with Crippen molar-refractivity contribution in [3.8, 4) is 9.88 Å². The maximum absolute atomic E-state index is 12.2. The number of thiophene rings is 1. The summed E-state index contributed by atoms with van der Waals surface area (Å²) in [5.41, 5.74) is -0.814. The molecular weight excluding hydrogens is 231 g/mol. The van der Waals surface area contributed by atoms with E-state index in [2.05, 4.69) is 4.98 Å². The molecule has 0 bridgehead atoms. The minimum atomic E-state index is -4.34. The molecule has 0 spiro atoms.